The third kappa shape index (κ3) is 3.18. The van der Waals surface area contributed by atoms with Crippen molar-refractivity contribution in [3.63, 3.8) is 0 Å². The number of ether oxygens (including phenoxy) is 1. The third-order valence-corrected chi connectivity index (χ3v) is 5.20. The zero-order valence-electron chi connectivity index (χ0n) is 13.1. The average molecular weight is 340 g/mol. The predicted molar refractivity (Wildman–Crippen MR) is 93.7 cm³/mol. The van der Waals surface area contributed by atoms with Gasteiger partial charge in [-0.15, -0.1) is 11.3 Å². The van der Waals surface area contributed by atoms with Crippen molar-refractivity contribution in [3.8, 4) is 16.3 Å². The number of benzene rings is 2. The van der Waals surface area contributed by atoms with Crippen LogP contribution in [0.3, 0.4) is 0 Å². The number of nitrogens with one attached hydrogen (secondary N) is 1. The minimum absolute atomic E-state index is 0.225. The zero-order valence-corrected chi connectivity index (χ0v) is 13.9. The SMILES string of the molecule is Fc1ccccc1COc1ccc(-c2nc3c(s2)CNCC3)cc1. The number of fused-ring (bicyclic) bond motifs is 1. The Morgan fingerprint density at radius 2 is 1.96 bits per heavy atom. The molecule has 5 heteroatoms. The van der Waals surface area contributed by atoms with Gasteiger partial charge >= 0.3 is 0 Å². The number of halogens is 1. The minimum Gasteiger partial charge on any atom is -0.489 e. The van der Waals surface area contributed by atoms with E-state index in [1.165, 1.54) is 16.6 Å². The van der Waals surface area contributed by atoms with Gasteiger partial charge in [0.15, 0.2) is 0 Å². The summed E-state index contributed by atoms with van der Waals surface area (Å²) in [6.45, 7) is 2.14. The summed E-state index contributed by atoms with van der Waals surface area (Å²) >= 11 is 1.74. The van der Waals surface area contributed by atoms with E-state index < -0.39 is 0 Å². The molecule has 2 aromatic carbocycles. The number of nitrogens with zero attached hydrogens (tertiary/aromatic N) is 1. The first-order valence-corrected chi connectivity index (χ1v) is 8.77. The molecule has 0 radical (unpaired) electrons. The van der Waals surface area contributed by atoms with Crippen molar-refractivity contribution in [3.05, 3.63) is 70.5 Å². The van der Waals surface area contributed by atoms with Crippen molar-refractivity contribution < 1.29 is 9.13 Å². The molecule has 24 heavy (non-hydrogen) atoms. The Morgan fingerprint density at radius 1 is 1.12 bits per heavy atom. The van der Waals surface area contributed by atoms with Crippen molar-refractivity contribution >= 4 is 11.3 Å². The van der Waals surface area contributed by atoms with Crippen molar-refractivity contribution in [1.82, 2.24) is 10.3 Å². The molecule has 122 valence electrons. The van der Waals surface area contributed by atoms with Crippen LogP contribution in [0.4, 0.5) is 4.39 Å². The molecule has 0 bridgehead atoms. The Bertz CT molecular complexity index is 821. The Labute approximate surface area is 144 Å². The second-order valence-corrected chi connectivity index (χ2v) is 6.80. The quantitative estimate of drug-likeness (QED) is 0.774. The first-order chi connectivity index (χ1) is 11.8. The van der Waals surface area contributed by atoms with Crippen molar-refractivity contribution in [2.24, 2.45) is 0 Å². The van der Waals surface area contributed by atoms with E-state index in [1.54, 1.807) is 23.5 Å². The maximum absolute atomic E-state index is 13.6. The molecule has 3 aromatic rings. The van der Waals surface area contributed by atoms with Gasteiger partial charge < -0.3 is 10.1 Å². The molecule has 0 fully saturated rings. The Balaban J connectivity index is 1.46. The maximum Gasteiger partial charge on any atom is 0.129 e. The lowest BCUT2D eigenvalue weighted by molar-refractivity contribution is 0.300. The van der Waals surface area contributed by atoms with Gasteiger partial charge in [-0.25, -0.2) is 9.37 Å². The van der Waals surface area contributed by atoms with Crippen LogP contribution in [0.25, 0.3) is 10.6 Å². The predicted octanol–water partition coefficient (Wildman–Crippen LogP) is 4.17. The summed E-state index contributed by atoms with van der Waals surface area (Å²) in [4.78, 5) is 6.07. The molecule has 0 saturated heterocycles. The molecule has 2 heterocycles. The fourth-order valence-electron chi connectivity index (χ4n) is 2.72. The maximum atomic E-state index is 13.6. The van der Waals surface area contributed by atoms with Gasteiger partial charge in [-0.05, 0) is 30.3 Å². The highest BCUT2D eigenvalue weighted by atomic mass is 32.1. The fraction of sp³-hybridized carbons (Fsp3) is 0.211. The molecular formula is C19H17FN2OS. The van der Waals surface area contributed by atoms with E-state index in [1.807, 2.05) is 30.3 Å². The lowest BCUT2D eigenvalue weighted by Gasteiger charge is -2.09. The summed E-state index contributed by atoms with van der Waals surface area (Å²) in [7, 11) is 0. The minimum atomic E-state index is -0.240. The van der Waals surface area contributed by atoms with Crippen LogP contribution in [0.2, 0.25) is 0 Å². The molecule has 0 spiro atoms. The summed E-state index contributed by atoms with van der Waals surface area (Å²) < 4.78 is 19.3. The fourth-order valence-corrected chi connectivity index (χ4v) is 3.80. The van der Waals surface area contributed by atoms with Gasteiger partial charge in [-0.2, -0.15) is 0 Å². The molecule has 1 aliphatic rings. The number of aromatic nitrogens is 1. The third-order valence-electron chi connectivity index (χ3n) is 4.06. The zero-order chi connectivity index (χ0) is 16.4. The first kappa shape index (κ1) is 15.3. The van der Waals surface area contributed by atoms with Crippen molar-refractivity contribution in [1.29, 1.82) is 0 Å². The van der Waals surface area contributed by atoms with E-state index in [0.717, 1.165) is 35.8 Å². The van der Waals surface area contributed by atoms with Crippen molar-refractivity contribution in [2.75, 3.05) is 6.54 Å². The molecular weight excluding hydrogens is 323 g/mol. The highest BCUT2D eigenvalue weighted by Gasteiger charge is 2.15. The van der Waals surface area contributed by atoms with E-state index in [-0.39, 0.29) is 12.4 Å². The van der Waals surface area contributed by atoms with Crippen LogP contribution in [0.5, 0.6) is 5.75 Å². The normalized spacial score (nSPS) is 13.5. The lowest BCUT2D eigenvalue weighted by atomic mass is 10.2. The van der Waals surface area contributed by atoms with Crippen LogP contribution in [-0.2, 0) is 19.6 Å². The largest absolute Gasteiger partial charge is 0.489 e. The second kappa shape index (κ2) is 6.71. The number of thiazole rings is 1. The summed E-state index contributed by atoms with van der Waals surface area (Å²) in [5.41, 5.74) is 2.86. The van der Waals surface area contributed by atoms with Crippen LogP contribution in [-0.4, -0.2) is 11.5 Å². The molecule has 0 saturated carbocycles. The van der Waals surface area contributed by atoms with Gasteiger partial charge in [0.25, 0.3) is 0 Å². The molecule has 0 amide bonds. The van der Waals surface area contributed by atoms with Crippen LogP contribution in [0, 0.1) is 5.82 Å². The highest BCUT2D eigenvalue weighted by molar-refractivity contribution is 7.15. The average Bonchev–Trinajstić information content (AvgIpc) is 3.06. The van der Waals surface area contributed by atoms with Crippen LogP contribution >= 0.6 is 11.3 Å². The van der Waals surface area contributed by atoms with Gasteiger partial charge in [-0.1, -0.05) is 18.2 Å². The van der Waals surface area contributed by atoms with E-state index >= 15 is 0 Å². The molecule has 1 aliphatic heterocycles. The van der Waals surface area contributed by atoms with E-state index in [9.17, 15) is 4.39 Å². The van der Waals surface area contributed by atoms with E-state index in [0.29, 0.717) is 5.56 Å². The molecule has 3 nitrogen and oxygen atoms in total. The Hall–Kier alpha value is -2.24. The van der Waals surface area contributed by atoms with Crippen LogP contribution < -0.4 is 10.1 Å². The van der Waals surface area contributed by atoms with E-state index in [4.69, 9.17) is 9.72 Å². The number of rotatable bonds is 4. The van der Waals surface area contributed by atoms with Crippen molar-refractivity contribution in [2.45, 2.75) is 19.6 Å². The number of hydrogen-bond donors (Lipinski definition) is 1. The Morgan fingerprint density at radius 3 is 2.75 bits per heavy atom. The summed E-state index contributed by atoms with van der Waals surface area (Å²) in [5, 5.41) is 4.42. The highest BCUT2D eigenvalue weighted by Crippen LogP contribution is 2.30. The smallest absolute Gasteiger partial charge is 0.129 e. The Kier molecular flexibility index (Phi) is 4.28. The van der Waals surface area contributed by atoms with Gasteiger partial charge in [0, 0.05) is 35.5 Å². The molecule has 0 aliphatic carbocycles. The van der Waals surface area contributed by atoms with Crippen LogP contribution in [0.1, 0.15) is 16.1 Å². The molecule has 4 rings (SSSR count). The standard InChI is InChI=1S/C19H17FN2OS/c20-16-4-2-1-3-14(16)12-23-15-7-5-13(6-8-15)19-22-17-9-10-21-11-18(17)24-19/h1-8,21H,9-12H2. The molecule has 1 aromatic heterocycles. The van der Waals surface area contributed by atoms with Crippen LogP contribution in [0.15, 0.2) is 48.5 Å². The molecule has 1 N–H and O–H groups in total. The van der Waals surface area contributed by atoms with E-state index in [2.05, 4.69) is 5.32 Å². The number of hydrogen-bond acceptors (Lipinski definition) is 4. The first-order valence-electron chi connectivity index (χ1n) is 7.95. The monoisotopic (exact) mass is 340 g/mol. The lowest BCUT2D eigenvalue weighted by Crippen LogP contribution is -2.22. The van der Waals surface area contributed by atoms with Gasteiger partial charge in [0.05, 0.1) is 5.69 Å². The van der Waals surface area contributed by atoms with Gasteiger partial charge in [-0.3, -0.25) is 0 Å². The summed E-state index contributed by atoms with van der Waals surface area (Å²) in [6, 6.07) is 14.5. The van der Waals surface area contributed by atoms with Gasteiger partial charge in [0.2, 0.25) is 0 Å². The molecule has 0 atom stereocenters. The van der Waals surface area contributed by atoms with Gasteiger partial charge in [0.1, 0.15) is 23.2 Å². The summed E-state index contributed by atoms with van der Waals surface area (Å²) in [5.74, 6) is 0.487. The second-order valence-electron chi connectivity index (χ2n) is 5.72. The topological polar surface area (TPSA) is 34.1 Å². The molecule has 0 unspecified atom stereocenters. The summed E-state index contributed by atoms with van der Waals surface area (Å²) in [6.07, 6.45) is 0.996.